The molecule has 0 radical (unpaired) electrons. The molecule has 1 aromatic carbocycles. The lowest BCUT2D eigenvalue weighted by Gasteiger charge is -2.34. The first-order chi connectivity index (χ1) is 11.1. The van der Waals surface area contributed by atoms with Crippen LogP contribution in [0.4, 0.5) is 0 Å². The number of nitrogens with one attached hydrogen (secondary N) is 1. The standard InChI is InChI=1S/C18H28N2O3.ClH/c1-14(23-13-15-6-4-8-17(10-15)22-3)18(21)20-9-5-7-16(12-20)11-19-2;/h4,6,8,10,14,16,19H,5,7,9,11-13H2,1-3H3;1H. The van der Waals surface area contributed by atoms with Crippen molar-refractivity contribution in [3.05, 3.63) is 29.8 Å². The Bertz CT molecular complexity index is 511. The van der Waals surface area contributed by atoms with Crippen molar-refractivity contribution in [1.29, 1.82) is 0 Å². The van der Waals surface area contributed by atoms with Crippen LogP contribution in [-0.4, -0.2) is 50.7 Å². The summed E-state index contributed by atoms with van der Waals surface area (Å²) in [5.74, 6) is 1.44. The summed E-state index contributed by atoms with van der Waals surface area (Å²) in [4.78, 5) is 14.5. The third-order valence-electron chi connectivity index (χ3n) is 4.31. The molecule has 0 aliphatic carbocycles. The Morgan fingerprint density at radius 2 is 2.25 bits per heavy atom. The molecule has 0 aromatic heterocycles. The van der Waals surface area contributed by atoms with E-state index in [0.717, 1.165) is 37.4 Å². The normalized spacial score (nSPS) is 18.6. The van der Waals surface area contributed by atoms with Crippen molar-refractivity contribution >= 4 is 18.3 Å². The second-order valence-corrected chi connectivity index (χ2v) is 6.15. The molecule has 1 amide bonds. The smallest absolute Gasteiger partial charge is 0.251 e. The summed E-state index contributed by atoms with van der Waals surface area (Å²) in [5, 5.41) is 3.20. The fourth-order valence-corrected chi connectivity index (χ4v) is 3.03. The molecule has 2 atom stereocenters. The topological polar surface area (TPSA) is 50.8 Å². The van der Waals surface area contributed by atoms with Gasteiger partial charge in [-0.05, 0) is 57.0 Å². The van der Waals surface area contributed by atoms with E-state index in [2.05, 4.69) is 5.32 Å². The van der Waals surface area contributed by atoms with Crippen LogP contribution in [0.15, 0.2) is 24.3 Å². The molecule has 0 spiro atoms. The van der Waals surface area contributed by atoms with Gasteiger partial charge in [-0.2, -0.15) is 0 Å². The van der Waals surface area contributed by atoms with E-state index in [1.807, 2.05) is 43.1 Å². The van der Waals surface area contributed by atoms with Crippen LogP contribution in [-0.2, 0) is 16.1 Å². The summed E-state index contributed by atoms with van der Waals surface area (Å²) in [6.45, 7) is 4.88. The number of likely N-dealkylation sites (tertiary alicyclic amines) is 1. The second kappa shape index (κ2) is 10.5. The molecule has 1 N–H and O–H groups in total. The molecule has 1 saturated heterocycles. The number of methoxy groups -OCH3 is 1. The first kappa shape index (κ1) is 20.7. The summed E-state index contributed by atoms with van der Waals surface area (Å²) in [6, 6.07) is 7.73. The predicted molar refractivity (Wildman–Crippen MR) is 97.7 cm³/mol. The van der Waals surface area contributed by atoms with Gasteiger partial charge in [0.1, 0.15) is 11.9 Å². The molecule has 1 aliphatic heterocycles. The van der Waals surface area contributed by atoms with E-state index in [0.29, 0.717) is 12.5 Å². The maximum Gasteiger partial charge on any atom is 0.251 e. The van der Waals surface area contributed by atoms with Crippen LogP contribution in [0.3, 0.4) is 0 Å². The van der Waals surface area contributed by atoms with Gasteiger partial charge in [-0.25, -0.2) is 0 Å². The van der Waals surface area contributed by atoms with E-state index in [1.165, 1.54) is 6.42 Å². The van der Waals surface area contributed by atoms with Gasteiger partial charge in [-0.3, -0.25) is 4.79 Å². The van der Waals surface area contributed by atoms with Crippen molar-refractivity contribution in [3.63, 3.8) is 0 Å². The number of halogens is 1. The van der Waals surface area contributed by atoms with Gasteiger partial charge in [0.2, 0.25) is 0 Å². The predicted octanol–water partition coefficient (Wildman–Crippen LogP) is 2.48. The number of benzene rings is 1. The number of ether oxygens (including phenoxy) is 2. The molecule has 136 valence electrons. The molecule has 0 saturated carbocycles. The minimum absolute atomic E-state index is 0. The maximum atomic E-state index is 12.5. The van der Waals surface area contributed by atoms with Crippen LogP contribution in [0.5, 0.6) is 5.75 Å². The van der Waals surface area contributed by atoms with Crippen LogP contribution < -0.4 is 10.1 Å². The van der Waals surface area contributed by atoms with Crippen molar-refractivity contribution in [3.8, 4) is 5.75 Å². The van der Waals surface area contributed by atoms with Crippen molar-refractivity contribution < 1.29 is 14.3 Å². The molecular formula is C18H29ClN2O3. The highest BCUT2D eigenvalue weighted by molar-refractivity contribution is 5.85. The Morgan fingerprint density at radius 3 is 2.96 bits per heavy atom. The van der Waals surface area contributed by atoms with Gasteiger partial charge in [-0.15, -0.1) is 12.4 Å². The van der Waals surface area contributed by atoms with Crippen LogP contribution in [0.2, 0.25) is 0 Å². The summed E-state index contributed by atoms with van der Waals surface area (Å²) in [6.07, 6.45) is 1.83. The number of hydrogen-bond donors (Lipinski definition) is 1. The molecular weight excluding hydrogens is 328 g/mol. The Labute approximate surface area is 151 Å². The minimum atomic E-state index is -0.422. The summed E-state index contributed by atoms with van der Waals surface area (Å²) >= 11 is 0. The Kier molecular flexibility index (Phi) is 9.11. The van der Waals surface area contributed by atoms with Gasteiger partial charge in [0, 0.05) is 13.1 Å². The highest BCUT2D eigenvalue weighted by Gasteiger charge is 2.26. The van der Waals surface area contributed by atoms with Crippen molar-refractivity contribution in [2.45, 2.75) is 32.5 Å². The lowest BCUT2D eigenvalue weighted by atomic mass is 9.97. The van der Waals surface area contributed by atoms with Crippen LogP contribution in [0.1, 0.15) is 25.3 Å². The summed E-state index contributed by atoms with van der Waals surface area (Å²) in [7, 11) is 3.60. The SMILES string of the molecule is CNCC1CCCN(C(=O)C(C)OCc2cccc(OC)c2)C1.Cl. The van der Waals surface area contributed by atoms with Gasteiger partial charge in [0.25, 0.3) is 5.91 Å². The molecule has 1 heterocycles. The number of nitrogens with zero attached hydrogens (tertiary/aromatic N) is 1. The van der Waals surface area contributed by atoms with E-state index in [9.17, 15) is 4.79 Å². The Balaban J connectivity index is 0.00000288. The molecule has 1 fully saturated rings. The quantitative estimate of drug-likeness (QED) is 0.815. The van der Waals surface area contributed by atoms with Crippen molar-refractivity contribution in [1.82, 2.24) is 10.2 Å². The lowest BCUT2D eigenvalue weighted by molar-refractivity contribution is -0.145. The van der Waals surface area contributed by atoms with E-state index in [1.54, 1.807) is 7.11 Å². The minimum Gasteiger partial charge on any atom is -0.497 e. The monoisotopic (exact) mass is 356 g/mol. The van der Waals surface area contributed by atoms with Crippen LogP contribution in [0.25, 0.3) is 0 Å². The maximum absolute atomic E-state index is 12.5. The molecule has 1 aliphatic rings. The van der Waals surface area contributed by atoms with Gasteiger partial charge < -0.3 is 19.7 Å². The van der Waals surface area contributed by atoms with E-state index in [4.69, 9.17) is 9.47 Å². The molecule has 24 heavy (non-hydrogen) atoms. The molecule has 0 bridgehead atoms. The highest BCUT2D eigenvalue weighted by atomic mass is 35.5. The third kappa shape index (κ3) is 5.96. The first-order valence-corrected chi connectivity index (χ1v) is 8.32. The molecule has 1 aromatic rings. The third-order valence-corrected chi connectivity index (χ3v) is 4.31. The molecule has 2 unspecified atom stereocenters. The van der Waals surface area contributed by atoms with E-state index in [-0.39, 0.29) is 18.3 Å². The summed E-state index contributed by atoms with van der Waals surface area (Å²) < 4.78 is 11.0. The number of amides is 1. The van der Waals surface area contributed by atoms with Gasteiger partial charge in [0.05, 0.1) is 13.7 Å². The number of piperidine rings is 1. The van der Waals surface area contributed by atoms with E-state index < -0.39 is 6.10 Å². The number of carbonyl (C=O) groups is 1. The molecule has 5 nitrogen and oxygen atoms in total. The van der Waals surface area contributed by atoms with E-state index >= 15 is 0 Å². The lowest BCUT2D eigenvalue weighted by Crippen LogP contribution is -2.46. The number of hydrogen-bond acceptors (Lipinski definition) is 4. The Hall–Kier alpha value is -1.30. The average molecular weight is 357 g/mol. The highest BCUT2D eigenvalue weighted by Crippen LogP contribution is 2.18. The zero-order valence-electron chi connectivity index (χ0n) is 14.8. The fourth-order valence-electron chi connectivity index (χ4n) is 3.03. The zero-order valence-corrected chi connectivity index (χ0v) is 15.6. The van der Waals surface area contributed by atoms with Gasteiger partial charge in [0.15, 0.2) is 0 Å². The van der Waals surface area contributed by atoms with Gasteiger partial charge >= 0.3 is 0 Å². The fraction of sp³-hybridized carbons (Fsp3) is 0.611. The van der Waals surface area contributed by atoms with Crippen molar-refractivity contribution in [2.24, 2.45) is 5.92 Å². The zero-order chi connectivity index (χ0) is 16.7. The summed E-state index contributed by atoms with van der Waals surface area (Å²) in [5.41, 5.74) is 1.01. The number of carbonyl (C=O) groups excluding carboxylic acids is 1. The largest absolute Gasteiger partial charge is 0.497 e. The second-order valence-electron chi connectivity index (χ2n) is 6.15. The molecule has 6 heteroatoms. The van der Waals surface area contributed by atoms with Crippen LogP contribution >= 0.6 is 12.4 Å². The Morgan fingerprint density at radius 1 is 1.46 bits per heavy atom. The average Bonchev–Trinajstić information content (AvgIpc) is 2.59. The van der Waals surface area contributed by atoms with Crippen LogP contribution in [0, 0.1) is 5.92 Å². The van der Waals surface area contributed by atoms with Crippen molar-refractivity contribution in [2.75, 3.05) is 33.8 Å². The van der Waals surface area contributed by atoms with Gasteiger partial charge in [-0.1, -0.05) is 12.1 Å². The number of rotatable bonds is 7. The first-order valence-electron chi connectivity index (χ1n) is 8.32. The molecule has 2 rings (SSSR count).